The SMILES string of the molecule is O=C1C[C@H]2CCC[C@@H]2C[C@@H]1F. The van der Waals surface area contributed by atoms with Crippen LogP contribution in [0.1, 0.15) is 32.1 Å². The van der Waals surface area contributed by atoms with Gasteiger partial charge in [0.1, 0.15) is 0 Å². The Labute approximate surface area is 66.0 Å². The Balaban J connectivity index is 2.06. The van der Waals surface area contributed by atoms with E-state index in [1.54, 1.807) is 0 Å². The average Bonchev–Trinajstić information content (AvgIpc) is 2.36. The van der Waals surface area contributed by atoms with Gasteiger partial charge in [-0.2, -0.15) is 0 Å². The van der Waals surface area contributed by atoms with Crippen molar-refractivity contribution in [1.82, 2.24) is 0 Å². The molecule has 0 heterocycles. The first-order chi connectivity index (χ1) is 5.27. The number of halogens is 1. The van der Waals surface area contributed by atoms with Gasteiger partial charge in [-0.25, -0.2) is 4.39 Å². The maximum atomic E-state index is 12.9. The van der Waals surface area contributed by atoms with E-state index in [2.05, 4.69) is 0 Å². The van der Waals surface area contributed by atoms with Gasteiger partial charge in [-0.3, -0.25) is 4.79 Å². The highest BCUT2D eigenvalue weighted by Crippen LogP contribution is 2.41. The molecule has 0 radical (unpaired) electrons. The molecule has 62 valence electrons. The summed E-state index contributed by atoms with van der Waals surface area (Å²) in [5.41, 5.74) is 0. The number of carbonyl (C=O) groups excluding carboxylic acids is 1. The highest BCUT2D eigenvalue weighted by Gasteiger charge is 2.38. The zero-order chi connectivity index (χ0) is 7.84. The molecule has 2 heteroatoms. The van der Waals surface area contributed by atoms with E-state index in [4.69, 9.17) is 0 Å². The summed E-state index contributed by atoms with van der Waals surface area (Å²) >= 11 is 0. The van der Waals surface area contributed by atoms with Crippen LogP contribution in [0.2, 0.25) is 0 Å². The number of rotatable bonds is 0. The van der Waals surface area contributed by atoms with Crippen molar-refractivity contribution in [3.8, 4) is 0 Å². The molecule has 2 aliphatic rings. The fourth-order valence-corrected chi connectivity index (χ4v) is 2.48. The Hall–Kier alpha value is -0.400. The summed E-state index contributed by atoms with van der Waals surface area (Å²) in [5, 5.41) is 0. The minimum absolute atomic E-state index is 0.145. The van der Waals surface area contributed by atoms with Crippen molar-refractivity contribution in [2.75, 3.05) is 0 Å². The molecular weight excluding hydrogens is 143 g/mol. The molecule has 2 fully saturated rings. The van der Waals surface area contributed by atoms with E-state index in [9.17, 15) is 9.18 Å². The van der Waals surface area contributed by atoms with Crippen molar-refractivity contribution in [3.63, 3.8) is 0 Å². The first-order valence-corrected chi connectivity index (χ1v) is 4.44. The Kier molecular flexibility index (Phi) is 1.70. The van der Waals surface area contributed by atoms with Crippen LogP contribution in [0.4, 0.5) is 4.39 Å². The van der Waals surface area contributed by atoms with E-state index in [1.807, 2.05) is 0 Å². The zero-order valence-electron chi connectivity index (χ0n) is 6.55. The molecule has 0 N–H and O–H groups in total. The fourth-order valence-electron chi connectivity index (χ4n) is 2.48. The number of fused-ring (bicyclic) bond motifs is 1. The molecule has 3 atom stereocenters. The second kappa shape index (κ2) is 2.58. The monoisotopic (exact) mass is 156 g/mol. The molecule has 11 heavy (non-hydrogen) atoms. The van der Waals surface area contributed by atoms with E-state index in [0.717, 1.165) is 12.8 Å². The Morgan fingerprint density at radius 1 is 1.27 bits per heavy atom. The second-order valence-corrected chi connectivity index (χ2v) is 3.82. The summed E-state index contributed by atoms with van der Waals surface area (Å²) in [4.78, 5) is 11.0. The maximum Gasteiger partial charge on any atom is 0.167 e. The van der Waals surface area contributed by atoms with Gasteiger partial charge in [-0.05, 0) is 24.7 Å². The normalized spacial score (nSPS) is 44.1. The topological polar surface area (TPSA) is 17.1 Å². The highest BCUT2D eigenvalue weighted by molar-refractivity contribution is 5.84. The summed E-state index contributed by atoms with van der Waals surface area (Å²) in [7, 11) is 0. The number of hydrogen-bond acceptors (Lipinski definition) is 1. The summed E-state index contributed by atoms with van der Waals surface area (Å²) < 4.78 is 12.9. The first kappa shape index (κ1) is 7.26. The zero-order valence-corrected chi connectivity index (χ0v) is 6.55. The molecule has 0 bridgehead atoms. The molecule has 0 unspecified atom stereocenters. The quantitative estimate of drug-likeness (QED) is 0.525. The average molecular weight is 156 g/mol. The fraction of sp³-hybridized carbons (Fsp3) is 0.889. The lowest BCUT2D eigenvalue weighted by molar-refractivity contribution is -0.128. The summed E-state index contributed by atoms with van der Waals surface area (Å²) in [6.07, 6.45) is 3.42. The van der Waals surface area contributed by atoms with Crippen molar-refractivity contribution in [3.05, 3.63) is 0 Å². The van der Waals surface area contributed by atoms with E-state index in [1.165, 1.54) is 6.42 Å². The molecule has 2 aliphatic carbocycles. The summed E-state index contributed by atoms with van der Waals surface area (Å²) in [5.74, 6) is 0.922. The summed E-state index contributed by atoms with van der Waals surface area (Å²) in [6.45, 7) is 0. The lowest BCUT2D eigenvalue weighted by Gasteiger charge is -2.26. The van der Waals surface area contributed by atoms with Crippen molar-refractivity contribution in [2.45, 2.75) is 38.3 Å². The number of ketones is 1. The minimum Gasteiger partial charge on any atom is -0.296 e. The van der Waals surface area contributed by atoms with Crippen LogP contribution in [0.25, 0.3) is 0 Å². The summed E-state index contributed by atoms with van der Waals surface area (Å²) in [6, 6.07) is 0. The second-order valence-electron chi connectivity index (χ2n) is 3.82. The Morgan fingerprint density at radius 2 is 2.00 bits per heavy atom. The van der Waals surface area contributed by atoms with E-state index in [0.29, 0.717) is 24.7 Å². The van der Waals surface area contributed by atoms with Crippen LogP contribution in [-0.2, 0) is 4.79 Å². The lowest BCUT2D eigenvalue weighted by atomic mass is 9.80. The third-order valence-corrected chi connectivity index (χ3v) is 3.14. The van der Waals surface area contributed by atoms with Gasteiger partial charge < -0.3 is 0 Å². The smallest absolute Gasteiger partial charge is 0.167 e. The van der Waals surface area contributed by atoms with Gasteiger partial charge >= 0.3 is 0 Å². The molecule has 2 rings (SSSR count). The van der Waals surface area contributed by atoms with Crippen LogP contribution in [0.3, 0.4) is 0 Å². The van der Waals surface area contributed by atoms with Crippen LogP contribution in [-0.4, -0.2) is 12.0 Å². The largest absolute Gasteiger partial charge is 0.296 e. The predicted molar refractivity (Wildman–Crippen MR) is 40.0 cm³/mol. The molecule has 0 amide bonds. The lowest BCUT2D eigenvalue weighted by Crippen LogP contribution is -2.30. The van der Waals surface area contributed by atoms with Crippen molar-refractivity contribution < 1.29 is 9.18 Å². The Morgan fingerprint density at radius 3 is 2.82 bits per heavy atom. The third kappa shape index (κ3) is 1.19. The number of alkyl halides is 1. The van der Waals surface area contributed by atoms with E-state index in [-0.39, 0.29) is 5.78 Å². The van der Waals surface area contributed by atoms with Crippen molar-refractivity contribution >= 4 is 5.78 Å². The van der Waals surface area contributed by atoms with Gasteiger partial charge in [0.05, 0.1) is 0 Å². The third-order valence-electron chi connectivity index (χ3n) is 3.14. The van der Waals surface area contributed by atoms with Gasteiger partial charge in [0.15, 0.2) is 12.0 Å². The van der Waals surface area contributed by atoms with E-state index >= 15 is 0 Å². The van der Waals surface area contributed by atoms with Crippen LogP contribution < -0.4 is 0 Å². The molecule has 0 aromatic rings. The van der Waals surface area contributed by atoms with Gasteiger partial charge in [-0.15, -0.1) is 0 Å². The Bertz CT molecular complexity index is 178. The number of Topliss-reactive ketones (excluding diaryl/α,β-unsaturated/α-hetero) is 1. The van der Waals surface area contributed by atoms with Gasteiger partial charge in [-0.1, -0.05) is 12.8 Å². The minimum atomic E-state index is -1.13. The highest BCUT2D eigenvalue weighted by atomic mass is 19.1. The van der Waals surface area contributed by atoms with Gasteiger partial charge in [0, 0.05) is 6.42 Å². The van der Waals surface area contributed by atoms with Crippen LogP contribution >= 0.6 is 0 Å². The predicted octanol–water partition coefficient (Wildman–Crippen LogP) is 2.10. The molecule has 2 saturated carbocycles. The number of carbonyl (C=O) groups is 1. The van der Waals surface area contributed by atoms with Crippen molar-refractivity contribution in [1.29, 1.82) is 0 Å². The molecule has 0 spiro atoms. The molecule has 0 aromatic heterocycles. The molecule has 1 nitrogen and oxygen atoms in total. The van der Waals surface area contributed by atoms with E-state index < -0.39 is 6.17 Å². The molecule has 0 aliphatic heterocycles. The molecular formula is C9H13FO. The van der Waals surface area contributed by atoms with Crippen LogP contribution in [0.15, 0.2) is 0 Å². The molecule has 0 aromatic carbocycles. The first-order valence-electron chi connectivity index (χ1n) is 4.44. The standard InChI is InChI=1S/C9H13FO/c10-8-4-6-2-1-3-7(6)5-9(8)11/h6-8H,1-5H2/t6-,7-,8+/m1/s1. The van der Waals surface area contributed by atoms with Crippen LogP contribution in [0, 0.1) is 11.8 Å². The van der Waals surface area contributed by atoms with Crippen LogP contribution in [0.5, 0.6) is 0 Å². The van der Waals surface area contributed by atoms with Crippen molar-refractivity contribution in [2.24, 2.45) is 11.8 Å². The molecule has 0 saturated heterocycles. The maximum absolute atomic E-state index is 12.9. The van der Waals surface area contributed by atoms with Gasteiger partial charge in [0.2, 0.25) is 0 Å². The number of hydrogen-bond donors (Lipinski definition) is 0. The van der Waals surface area contributed by atoms with Gasteiger partial charge in [0.25, 0.3) is 0 Å².